The van der Waals surface area contributed by atoms with Crippen molar-refractivity contribution in [3.05, 3.63) is 67.3 Å². The molecule has 0 aromatic heterocycles. The lowest BCUT2D eigenvalue weighted by Crippen LogP contribution is -2.33. The monoisotopic (exact) mass is 428 g/mol. The Bertz CT molecular complexity index is 1120. The molecule has 0 fully saturated rings. The predicted octanol–water partition coefficient (Wildman–Crippen LogP) is 3.77. The van der Waals surface area contributed by atoms with Crippen LogP contribution in [0.1, 0.15) is 26.3 Å². The molecule has 1 aliphatic rings. The molecular formula is C17H8F4N2O7. The smallest absolute Gasteiger partial charge is 0.340 e. The minimum absolute atomic E-state index is 0.0249. The number of nitro benzene ring substituents is 2. The van der Waals surface area contributed by atoms with Crippen LogP contribution in [0.3, 0.4) is 0 Å². The Kier molecular flexibility index (Phi) is 4.98. The van der Waals surface area contributed by atoms with Gasteiger partial charge >= 0.3 is 18.3 Å². The maximum Gasteiger partial charge on any atom is 0.340 e. The average molecular weight is 428 g/mol. The van der Waals surface area contributed by atoms with Gasteiger partial charge in [0.15, 0.2) is 12.4 Å². The first kappa shape index (κ1) is 20.8. The summed E-state index contributed by atoms with van der Waals surface area (Å²) in [5.41, 5.74) is -2.81. The summed E-state index contributed by atoms with van der Waals surface area (Å²) in [4.78, 5) is 45.2. The van der Waals surface area contributed by atoms with Gasteiger partial charge in [-0.1, -0.05) is 0 Å². The number of ketones is 1. The summed E-state index contributed by atoms with van der Waals surface area (Å²) in [7, 11) is 0. The largest absolute Gasteiger partial charge is 0.455 e. The standard InChI is InChI=1S/C17H8F4N2O7/c18-16(19)17(20,21)6-30-15(25)12-5-8(23(28)29)4-11-13(12)9-2-1-7(22(26)27)3-10(9)14(11)24/h1-5,16H,6H2. The molecule has 0 N–H and O–H groups in total. The highest BCUT2D eigenvalue weighted by Crippen LogP contribution is 2.42. The van der Waals surface area contributed by atoms with Gasteiger partial charge in [0.1, 0.15) is 0 Å². The number of halogens is 4. The fourth-order valence-electron chi connectivity index (χ4n) is 2.86. The summed E-state index contributed by atoms with van der Waals surface area (Å²) in [5, 5.41) is 22.1. The van der Waals surface area contributed by atoms with E-state index in [-0.39, 0.29) is 22.3 Å². The third-order valence-electron chi connectivity index (χ3n) is 4.24. The number of hydrogen-bond donors (Lipinski definition) is 0. The van der Waals surface area contributed by atoms with E-state index in [4.69, 9.17) is 0 Å². The van der Waals surface area contributed by atoms with E-state index >= 15 is 0 Å². The van der Waals surface area contributed by atoms with Crippen molar-refractivity contribution in [2.45, 2.75) is 12.3 Å². The topological polar surface area (TPSA) is 130 Å². The van der Waals surface area contributed by atoms with Crippen LogP contribution in [0.4, 0.5) is 28.9 Å². The molecule has 30 heavy (non-hydrogen) atoms. The van der Waals surface area contributed by atoms with Crippen LogP contribution >= 0.6 is 0 Å². The van der Waals surface area contributed by atoms with Crippen LogP contribution in [-0.2, 0) is 4.74 Å². The van der Waals surface area contributed by atoms with Crippen molar-refractivity contribution < 1.29 is 41.7 Å². The summed E-state index contributed by atoms with van der Waals surface area (Å²) in [5.74, 6) is -7.14. The molecule has 0 heterocycles. The summed E-state index contributed by atoms with van der Waals surface area (Å²) in [6.45, 7) is -2.00. The quantitative estimate of drug-likeness (QED) is 0.253. The van der Waals surface area contributed by atoms with E-state index in [0.29, 0.717) is 6.07 Å². The lowest BCUT2D eigenvalue weighted by atomic mass is 9.98. The van der Waals surface area contributed by atoms with Crippen LogP contribution < -0.4 is 0 Å². The highest BCUT2D eigenvalue weighted by Gasteiger charge is 2.43. The lowest BCUT2D eigenvalue weighted by Gasteiger charge is -2.16. The average Bonchev–Trinajstić information content (AvgIpc) is 2.97. The summed E-state index contributed by atoms with van der Waals surface area (Å²) < 4.78 is 54.9. The number of nitrogens with zero attached hydrogens (tertiary/aromatic N) is 2. The molecular weight excluding hydrogens is 420 g/mol. The number of rotatable bonds is 6. The molecule has 0 unspecified atom stereocenters. The summed E-state index contributed by atoms with van der Waals surface area (Å²) in [6, 6.07) is 4.46. The Hall–Kier alpha value is -3.90. The van der Waals surface area contributed by atoms with Gasteiger partial charge in [0.25, 0.3) is 11.4 Å². The zero-order valence-corrected chi connectivity index (χ0v) is 14.4. The van der Waals surface area contributed by atoms with Gasteiger partial charge in [0, 0.05) is 41.0 Å². The Morgan fingerprint density at radius 1 is 1.00 bits per heavy atom. The first-order chi connectivity index (χ1) is 13.9. The van der Waals surface area contributed by atoms with Gasteiger partial charge in [-0.3, -0.25) is 25.0 Å². The van der Waals surface area contributed by atoms with Crippen LogP contribution in [0.25, 0.3) is 11.1 Å². The van der Waals surface area contributed by atoms with Crippen LogP contribution in [-0.4, -0.2) is 40.6 Å². The first-order valence-corrected chi connectivity index (χ1v) is 7.93. The minimum Gasteiger partial charge on any atom is -0.455 e. The molecule has 0 atom stereocenters. The molecule has 13 heteroatoms. The van der Waals surface area contributed by atoms with Gasteiger partial charge in [-0.15, -0.1) is 0 Å². The number of esters is 1. The third kappa shape index (κ3) is 3.44. The van der Waals surface area contributed by atoms with Crippen molar-refractivity contribution in [2.75, 3.05) is 6.61 Å². The molecule has 0 saturated heterocycles. The second-order valence-corrected chi connectivity index (χ2v) is 6.13. The highest BCUT2D eigenvalue weighted by molar-refractivity contribution is 6.24. The van der Waals surface area contributed by atoms with Gasteiger partial charge in [0.2, 0.25) is 0 Å². The third-order valence-corrected chi connectivity index (χ3v) is 4.24. The number of carbonyl (C=O) groups excluding carboxylic acids is 2. The SMILES string of the molecule is O=C(OCC(F)(F)C(F)F)c1cc([N+](=O)[O-])cc2c1-c1ccc([N+](=O)[O-])cc1C2=O. The van der Waals surface area contributed by atoms with E-state index in [9.17, 15) is 47.4 Å². The van der Waals surface area contributed by atoms with Crippen LogP contribution in [0.5, 0.6) is 0 Å². The molecule has 2 aromatic rings. The molecule has 0 amide bonds. The van der Waals surface area contributed by atoms with Gasteiger partial charge in [-0.05, 0) is 11.6 Å². The summed E-state index contributed by atoms with van der Waals surface area (Å²) in [6.07, 6.45) is -4.12. The van der Waals surface area contributed by atoms with Gasteiger partial charge in [0.05, 0.1) is 15.4 Å². The van der Waals surface area contributed by atoms with Crippen molar-refractivity contribution >= 4 is 23.1 Å². The number of benzene rings is 2. The maximum absolute atomic E-state index is 13.1. The van der Waals surface area contributed by atoms with E-state index in [1.54, 1.807) is 0 Å². The van der Waals surface area contributed by atoms with Gasteiger partial charge in [-0.25, -0.2) is 13.6 Å². The molecule has 2 aromatic carbocycles. The number of fused-ring (bicyclic) bond motifs is 3. The van der Waals surface area contributed by atoms with Crippen molar-refractivity contribution in [2.24, 2.45) is 0 Å². The number of alkyl halides is 4. The fraction of sp³-hybridized carbons (Fsp3) is 0.176. The first-order valence-electron chi connectivity index (χ1n) is 7.93. The Labute approximate surface area is 163 Å². The van der Waals surface area contributed by atoms with E-state index < -0.39 is 57.5 Å². The Morgan fingerprint density at radius 2 is 1.60 bits per heavy atom. The molecule has 0 aliphatic heterocycles. The van der Waals surface area contributed by atoms with Gasteiger partial charge < -0.3 is 4.74 Å². The number of hydrogen-bond acceptors (Lipinski definition) is 7. The van der Waals surface area contributed by atoms with Crippen molar-refractivity contribution in [1.82, 2.24) is 0 Å². The number of non-ortho nitro benzene ring substituents is 2. The van der Waals surface area contributed by atoms with Crippen LogP contribution in [0.15, 0.2) is 30.3 Å². The second-order valence-electron chi connectivity index (χ2n) is 6.13. The van der Waals surface area contributed by atoms with E-state index in [2.05, 4.69) is 4.74 Å². The van der Waals surface area contributed by atoms with E-state index in [1.807, 2.05) is 0 Å². The molecule has 3 rings (SSSR count). The number of ether oxygens (including phenoxy) is 1. The molecule has 0 saturated carbocycles. The molecule has 1 aliphatic carbocycles. The van der Waals surface area contributed by atoms with Crippen molar-refractivity contribution in [1.29, 1.82) is 0 Å². The molecule has 156 valence electrons. The predicted molar refractivity (Wildman–Crippen MR) is 89.9 cm³/mol. The zero-order chi connectivity index (χ0) is 22.4. The molecule has 0 bridgehead atoms. The van der Waals surface area contributed by atoms with Crippen molar-refractivity contribution in [3.63, 3.8) is 0 Å². The zero-order valence-electron chi connectivity index (χ0n) is 14.4. The molecule has 0 radical (unpaired) electrons. The maximum atomic E-state index is 13.1. The Morgan fingerprint density at radius 3 is 2.17 bits per heavy atom. The molecule has 9 nitrogen and oxygen atoms in total. The van der Waals surface area contributed by atoms with Gasteiger partial charge in [-0.2, -0.15) is 8.78 Å². The summed E-state index contributed by atoms with van der Waals surface area (Å²) >= 11 is 0. The normalized spacial score (nSPS) is 12.5. The number of carbonyl (C=O) groups is 2. The lowest BCUT2D eigenvalue weighted by molar-refractivity contribution is -0.385. The Balaban J connectivity index is 2.12. The fourth-order valence-corrected chi connectivity index (χ4v) is 2.86. The van der Waals surface area contributed by atoms with E-state index in [1.165, 1.54) is 0 Å². The second kappa shape index (κ2) is 7.17. The highest BCUT2D eigenvalue weighted by atomic mass is 19.3. The van der Waals surface area contributed by atoms with Crippen molar-refractivity contribution in [3.8, 4) is 11.1 Å². The minimum atomic E-state index is -4.66. The van der Waals surface area contributed by atoms with Crippen LogP contribution in [0, 0.1) is 20.2 Å². The number of nitro groups is 2. The van der Waals surface area contributed by atoms with E-state index in [0.717, 1.165) is 24.3 Å². The molecule has 0 spiro atoms. The van der Waals surface area contributed by atoms with Crippen LogP contribution in [0.2, 0.25) is 0 Å².